The highest BCUT2D eigenvalue weighted by Gasteiger charge is 2.17. The van der Waals surface area contributed by atoms with Crippen LogP contribution >= 0.6 is 27.5 Å². The van der Waals surface area contributed by atoms with E-state index in [0.29, 0.717) is 0 Å². The fraction of sp³-hybridized carbons (Fsp3) is 0.333. The van der Waals surface area contributed by atoms with Gasteiger partial charge >= 0.3 is 0 Å². The van der Waals surface area contributed by atoms with Gasteiger partial charge in [-0.25, -0.2) is 0 Å². The van der Waals surface area contributed by atoms with Crippen LogP contribution in [0.1, 0.15) is 41.6 Å². The van der Waals surface area contributed by atoms with Crippen molar-refractivity contribution in [1.82, 2.24) is 5.32 Å². The van der Waals surface area contributed by atoms with Crippen LogP contribution in [0.25, 0.3) is 0 Å². The SMILES string of the molecule is CCCNC(c1ccc(C)c(Cl)c1)c1ccc(C)cc1Br. The molecule has 112 valence electrons. The van der Waals surface area contributed by atoms with E-state index in [4.69, 9.17) is 11.6 Å². The molecule has 0 aromatic heterocycles. The molecule has 0 aliphatic heterocycles. The molecule has 0 aliphatic rings. The van der Waals surface area contributed by atoms with Gasteiger partial charge in [-0.15, -0.1) is 0 Å². The van der Waals surface area contributed by atoms with Crippen LogP contribution in [0.3, 0.4) is 0 Å². The molecule has 0 saturated carbocycles. The molecule has 1 unspecified atom stereocenters. The lowest BCUT2D eigenvalue weighted by molar-refractivity contribution is 0.597. The Labute approximate surface area is 140 Å². The summed E-state index contributed by atoms with van der Waals surface area (Å²) in [4.78, 5) is 0. The monoisotopic (exact) mass is 365 g/mol. The number of nitrogens with one attached hydrogen (secondary N) is 1. The number of halogens is 2. The van der Waals surface area contributed by atoms with Gasteiger partial charge in [0.15, 0.2) is 0 Å². The van der Waals surface area contributed by atoms with Gasteiger partial charge in [0.05, 0.1) is 6.04 Å². The minimum atomic E-state index is 0.151. The maximum Gasteiger partial charge on any atom is 0.0588 e. The summed E-state index contributed by atoms with van der Waals surface area (Å²) in [6, 6.07) is 12.9. The van der Waals surface area contributed by atoms with Crippen LogP contribution in [0.15, 0.2) is 40.9 Å². The molecular weight excluding hydrogens is 346 g/mol. The highest BCUT2D eigenvalue weighted by molar-refractivity contribution is 9.10. The highest BCUT2D eigenvalue weighted by Crippen LogP contribution is 2.31. The number of benzene rings is 2. The van der Waals surface area contributed by atoms with Gasteiger partial charge in [0.2, 0.25) is 0 Å². The lowest BCUT2D eigenvalue weighted by Crippen LogP contribution is -2.23. The van der Waals surface area contributed by atoms with E-state index in [1.807, 2.05) is 6.92 Å². The van der Waals surface area contributed by atoms with Crippen LogP contribution in [0, 0.1) is 13.8 Å². The van der Waals surface area contributed by atoms with E-state index in [1.165, 1.54) is 16.7 Å². The summed E-state index contributed by atoms with van der Waals surface area (Å²) >= 11 is 10.0. The zero-order valence-corrected chi connectivity index (χ0v) is 15.1. The molecule has 21 heavy (non-hydrogen) atoms. The Kier molecular flexibility index (Phi) is 5.86. The van der Waals surface area contributed by atoms with Crippen molar-refractivity contribution in [1.29, 1.82) is 0 Å². The molecular formula is C18H21BrClN. The van der Waals surface area contributed by atoms with Crippen LogP contribution in [0.5, 0.6) is 0 Å². The predicted octanol–water partition coefficient (Wildman–Crippen LogP) is 5.81. The fourth-order valence-corrected chi connectivity index (χ4v) is 3.26. The van der Waals surface area contributed by atoms with Gasteiger partial charge in [0.25, 0.3) is 0 Å². The third-order valence-corrected chi connectivity index (χ3v) is 4.69. The Morgan fingerprint density at radius 3 is 2.52 bits per heavy atom. The Morgan fingerprint density at radius 1 is 1.14 bits per heavy atom. The van der Waals surface area contributed by atoms with Crippen LogP contribution in [-0.2, 0) is 0 Å². The molecule has 1 nitrogen and oxygen atoms in total. The van der Waals surface area contributed by atoms with E-state index in [-0.39, 0.29) is 6.04 Å². The van der Waals surface area contributed by atoms with Crippen LogP contribution in [-0.4, -0.2) is 6.54 Å². The van der Waals surface area contributed by atoms with Crippen molar-refractivity contribution < 1.29 is 0 Å². The molecule has 2 aromatic rings. The summed E-state index contributed by atoms with van der Waals surface area (Å²) in [6.07, 6.45) is 1.10. The van der Waals surface area contributed by atoms with Crippen molar-refractivity contribution in [2.45, 2.75) is 33.2 Å². The van der Waals surface area contributed by atoms with Gasteiger partial charge in [-0.3, -0.25) is 0 Å². The fourth-order valence-electron chi connectivity index (χ4n) is 2.35. The van der Waals surface area contributed by atoms with Crippen molar-refractivity contribution in [3.05, 3.63) is 68.1 Å². The number of rotatable bonds is 5. The smallest absolute Gasteiger partial charge is 0.0588 e. The Morgan fingerprint density at radius 2 is 1.90 bits per heavy atom. The molecule has 0 spiro atoms. The molecule has 2 aromatic carbocycles. The molecule has 0 amide bonds. The molecule has 3 heteroatoms. The maximum absolute atomic E-state index is 6.30. The highest BCUT2D eigenvalue weighted by atomic mass is 79.9. The lowest BCUT2D eigenvalue weighted by Gasteiger charge is -2.22. The Balaban J connectivity index is 2.44. The summed E-state index contributed by atoms with van der Waals surface area (Å²) in [5, 5.41) is 4.44. The van der Waals surface area contributed by atoms with Crippen molar-refractivity contribution in [3.8, 4) is 0 Å². The molecule has 0 saturated heterocycles. The zero-order chi connectivity index (χ0) is 15.4. The number of aryl methyl sites for hydroxylation is 2. The summed E-state index contributed by atoms with van der Waals surface area (Å²) in [5.41, 5.74) is 4.80. The molecule has 2 rings (SSSR count). The molecule has 0 bridgehead atoms. The van der Waals surface area contributed by atoms with Gasteiger partial charge in [0.1, 0.15) is 0 Å². The second-order valence-electron chi connectivity index (χ2n) is 5.42. The van der Waals surface area contributed by atoms with Gasteiger partial charge in [0, 0.05) is 9.50 Å². The number of hydrogen-bond donors (Lipinski definition) is 1. The van der Waals surface area contributed by atoms with E-state index >= 15 is 0 Å². The summed E-state index contributed by atoms with van der Waals surface area (Å²) in [5.74, 6) is 0. The van der Waals surface area contributed by atoms with Crippen molar-refractivity contribution in [3.63, 3.8) is 0 Å². The van der Waals surface area contributed by atoms with E-state index in [2.05, 4.69) is 71.5 Å². The summed E-state index contributed by atoms with van der Waals surface area (Å²) in [7, 11) is 0. The standard InChI is InChI=1S/C18H21BrClN/c1-4-9-21-18(14-7-6-13(3)17(20)11-14)15-8-5-12(2)10-16(15)19/h5-8,10-11,18,21H,4,9H2,1-3H3. The average molecular weight is 367 g/mol. The van der Waals surface area contributed by atoms with Gasteiger partial charge in [-0.05, 0) is 61.2 Å². The Bertz CT molecular complexity index is 625. The molecule has 1 N–H and O–H groups in total. The third-order valence-electron chi connectivity index (χ3n) is 3.59. The average Bonchev–Trinajstić information content (AvgIpc) is 2.44. The maximum atomic E-state index is 6.30. The second-order valence-corrected chi connectivity index (χ2v) is 6.68. The van der Waals surface area contributed by atoms with Crippen molar-refractivity contribution in [2.24, 2.45) is 0 Å². The molecule has 0 fully saturated rings. The second kappa shape index (κ2) is 7.44. The number of hydrogen-bond acceptors (Lipinski definition) is 1. The van der Waals surface area contributed by atoms with Gasteiger partial charge < -0.3 is 5.32 Å². The largest absolute Gasteiger partial charge is 0.306 e. The molecule has 0 heterocycles. The molecule has 0 radical (unpaired) electrons. The predicted molar refractivity (Wildman–Crippen MR) is 95.2 cm³/mol. The first-order chi connectivity index (χ1) is 10.0. The molecule has 1 atom stereocenters. The minimum Gasteiger partial charge on any atom is -0.306 e. The molecule has 0 aliphatic carbocycles. The van der Waals surface area contributed by atoms with Crippen LogP contribution in [0.2, 0.25) is 5.02 Å². The third kappa shape index (κ3) is 4.09. The first kappa shape index (κ1) is 16.5. The summed E-state index contributed by atoms with van der Waals surface area (Å²) in [6.45, 7) is 7.28. The van der Waals surface area contributed by atoms with E-state index in [9.17, 15) is 0 Å². The van der Waals surface area contributed by atoms with E-state index in [1.54, 1.807) is 0 Å². The minimum absolute atomic E-state index is 0.151. The van der Waals surface area contributed by atoms with Crippen molar-refractivity contribution >= 4 is 27.5 Å². The first-order valence-corrected chi connectivity index (χ1v) is 8.45. The van der Waals surface area contributed by atoms with Crippen LogP contribution in [0.4, 0.5) is 0 Å². The summed E-state index contributed by atoms with van der Waals surface area (Å²) < 4.78 is 1.13. The van der Waals surface area contributed by atoms with E-state index in [0.717, 1.165) is 28.0 Å². The topological polar surface area (TPSA) is 12.0 Å². The lowest BCUT2D eigenvalue weighted by atomic mass is 9.97. The van der Waals surface area contributed by atoms with Gasteiger partial charge in [-0.1, -0.05) is 58.7 Å². The quantitative estimate of drug-likeness (QED) is 0.704. The zero-order valence-electron chi connectivity index (χ0n) is 12.7. The van der Waals surface area contributed by atoms with Crippen LogP contribution < -0.4 is 5.32 Å². The normalized spacial score (nSPS) is 12.4. The van der Waals surface area contributed by atoms with E-state index < -0.39 is 0 Å². The van der Waals surface area contributed by atoms with Crippen molar-refractivity contribution in [2.75, 3.05) is 6.54 Å². The Hall–Kier alpha value is -0.830. The first-order valence-electron chi connectivity index (χ1n) is 7.28. The van der Waals surface area contributed by atoms with Gasteiger partial charge in [-0.2, -0.15) is 0 Å².